The van der Waals surface area contributed by atoms with Gasteiger partial charge in [0.05, 0.1) is 18.0 Å². The van der Waals surface area contributed by atoms with E-state index in [2.05, 4.69) is 164 Å². The number of hydrogen-bond donors (Lipinski definition) is 0. The first-order chi connectivity index (χ1) is 24.0. The van der Waals surface area contributed by atoms with Gasteiger partial charge in [0.1, 0.15) is 0 Å². The van der Waals surface area contributed by atoms with Gasteiger partial charge in [-0.15, -0.1) is 0 Å². The molecule has 7 aromatic carbocycles. The molecule has 0 saturated heterocycles. The van der Waals surface area contributed by atoms with Crippen LogP contribution in [0.2, 0.25) is 0 Å². The molecule has 0 N–H and O–H groups in total. The molecule has 49 heavy (non-hydrogen) atoms. The molecule has 1 heterocycles. The molecule has 0 unspecified atom stereocenters. The van der Waals surface area contributed by atoms with Crippen LogP contribution in [0.4, 0.5) is 5.69 Å². The average molecular weight is 626 g/mol. The van der Waals surface area contributed by atoms with Crippen molar-refractivity contribution in [2.24, 2.45) is 0 Å². The Morgan fingerprint density at radius 3 is 1.80 bits per heavy atom. The van der Waals surface area contributed by atoms with Crippen LogP contribution in [0.1, 0.15) is 25.0 Å². The van der Waals surface area contributed by atoms with Crippen molar-refractivity contribution in [1.82, 2.24) is 9.97 Å². The largest absolute Gasteiger partial charge is 0.238 e. The number of fused-ring (bicyclic) bond motifs is 5. The van der Waals surface area contributed by atoms with Crippen molar-refractivity contribution in [3.05, 3.63) is 174 Å². The summed E-state index contributed by atoms with van der Waals surface area (Å²) >= 11 is 0. The normalized spacial score (nSPS) is 12.8. The fourth-order valence-electron chi connectivity index (χ4n) is 7.48. The Bertz CT molecular complexity index is 2560. The van der Waals surface area contributed by atoms with Crippen molar-refractivity contribution in [3.63, 3.8) is 0 Å². The third-order valence-corrected chi connectivity index (χ3v) is 10.1. The minimum Gasteiger partial charge on any atom is -0.238 e. The van der Waals surface area contributed by atoms with Crippen LogP contribution >= 0.6 is 0 Å². The lowest BCUT2D eigenvalue weighted by molar-refractivity contribution is 0.661. The highest BCUT2D eigenvalue weighted by atomic mass is 14.9. The van der Waals surface area contributed by atoms with E-state index in [9.17, 15) is 0 Å². The van der Waals surface area contributed by atoms with Crippen LogP contribution in [-0.2, 0) is 5.41 Å². The Morgan fingerprint density at radius 1 is 0.469 bits per heavy atom. The van der Waals surface area contributed by atoms with Gasteiger partial charge in [0.25, 0.3) is 0 Å². The molecule has 0 radical (unpaired) electrons. The van der Waals surface area contributed by atoms with Gasteiger partial charge in [-0.3, -0.25) is 0 Å². The lowest BCUT2D eigenvalue weighted by atomic mass is 9.82. The molecular weight excluding hydrogens is 595 g/mol. The summed E-state index contributed by atoms with van der Waals surface area (Å²) in [5.74, 6) is 0.698. The second-order valence-corrected chi connectivity index (χ2v) is 13.4. The van der Waals surface area contributed by atoms with Crippen LogP contribution in [0, 0.1) is 6.57 Å². The Labute approximate surface area is 286 Å². The van der Waals surface area contributed by atoms with Crippen molar-refractivity contribution in [1.29, 1.82) is 0 Å². The molecule has 0 fully saturated rings. The highest BCUT2D eigenvalue weighted by molar-refractivity contribution is 5.94. The number of nitrogens with zero attached hydrogens (tertiary/aromatic N) is 3. The van der Waals surface area contributed by atoms with E-state index >= 15 is 0 Å². The van der Waals surface area contributed by atoms with E-state index in [4.69, 9.17) is 16.5 Å². The molecular formula is C46H31N3. The molecule has 3 nitrogen and oxygen atoms in total. The lowest BCUT2D eigenvalue weighted by Gasteiger charge is -2.22. The zero-order chi connectivity index (χ0) is 33.1. The predicted octanol–water partition coefficient (Wildman–Crippen LogP) is 12.3. The van der Waals surface area contributed by atoms with Crippen LogP contribution in [0.25, 0.3) is 82.5 Å². The molecule has 1 aliphatic rings. The van der Waals surface area contributed by atoms with E-state index in [1.807, 2.05) is 6.07 Å². The third kappa shape index (κ3) is 4.81. The van der Waals surface area contributed by atoms with Crippen molar-refractivity contribution in [2.75, 3.05) is 0 Å². The minimum atomic E-state index is -0.199. The number of rotatable bonds is 4. The van der Waals surface area contributed by atoms with Gasteiger partial charge in [0.15, 0.2) is 11.5 Å². The summed E-state index contributed by atoms with van der Waals surface area (Å²) in [5, 5.41) is 4.73. The van der Waals surface area contributed by atoms with Gasteiger partial charge in [-0.2, -0.15) is 0 Å². The smallest absolute Gasteiger partial charge is 0.187 e. The van der Waals surface area contributed by atoms with Crippen LogP contribution < -0.4 is 0 Å². The molecule has 0 atom stereocenters. The Hall–Kier alpha value is -6.37. The van der Waals surface area contributed by atoms with Gasteiger partial charge in [-0.25, -0.2) is 14.8 Å². The van der Waals surface area contributed by atoms with Gasteiger partial charge >= 0.3 is 0 Å². The summed E-state index contributed by atoms with van der Waals surface area (Å²) in [7, 11) is 0. The molecule has 0 bridgehead atoms. The molecule has 0 saturated carbocycles. The maximum absolute atomic E-state index is 7.60. The van der Waals surface area contributed by atoms with Crippen molar-refractivity contribution < 1.29 is 0 Å². The van der Waals surface area contributed by atoms with Crippen molar-refractivity contribution in [2.45, 2.75) is 19.3 Å². The molecule has 0 amide bonds. The predicted molar refractivity (Wildman–Crippen MR) is 203 cm³/mol. The quantitative estimate of drug-likeness (QED) is 0.182. The minimum absolute atomic E-state index is 0.199. The van der Waals surface area contributed by atoms with Crippen LogP contribution in [0.15, 0.2) is 152 Å². The Balaban J connectivity index is 1.22. The number of benzene rings is 7. The van der Waals surface area contributed by atoms with E-state index in [0.717, 1.165) is 39.0 Å². The first kappa shape index (κ1) is 28.8. The number of aromatic nitrogens is 2. The molecule has 0 spiro atoms. The van der Waals surface area contributed by atoms with Crippen molar-refractivity contribution in [3.8, 4) is 56.2 Å². The maximum Gasteiger partial charge on any atom is 0.187 e. The second kappa shape index (κ2) is 11.1. The van der Waals surface area contributed by atoms with Gasteiger partial charge < -0.3 is 0 Å². The van der Waals surface area contributed by atoms with Gasteiger partial charge in [0.2, 0.25) is 0 Å². The molecule has 1 aliphatic carbocycles. The fourth-order valence-corrected chi connectivity index (χ4v) is 7.48. The van der Waals surface area contributed by atoms with Gasteiger partial charge in [-0.1, -0.05) is 141 Å². The summed E-state index contributed by atoms with van der Waals surface area (Å²) in [6.07, 6.45) is 0. The first-order valence-corrected chi connectivity index (χ1v) is 16.6. The second-order valence-electron chi connectivity index (χ2n) is 13.4. The molecule has 230 valence electrons. The molecule has 3 heteroatoms. The lowest BCUT2D eigenvalue weighted by Crippen LogP contribution is -2.14. The van der Waals surface area contributed by atoms with Crippen LogP contribution in [0.3, 0.4) is 0 Å². The van der Waals surface area contributed by atoms with Crippen LogP contribution in [-0.4, -0.2) is 9.97 Å². The zero-order valence-corrected chi connectivity index (χ0v) is 27.3. The summed E-state index contributed by atoms with van der Waals surface area (Å²) < 4.78 is 0. The summed E-state index contributed by atoms with van der Waals surface area (Å²) in [4.78, 5) is 14.1. The highest BCUT2D eigenvalue weighted by Crippen LogP contribution is 2.53. The Morgan fingerprint density at radius 2 is 1.08 bits per heavy atom. The van der Waals surface area contributed by atoms with E-state index in [1.165, 1.54) is 44.0 Å². The summed E-state index contributed by atoms with van der Waals surface area (Å²) in [5.41, 5.74) is 12.5. The average Bonchev–Trinajstić information content (AvgIpc) is 3.39. The van der Waals surface area contributed by atoms with E-state index in [-0.39, 0.29) is 5.41 Å². The molecule has 9 rings (SSSR count). The van der Waals surface area contributed by atoms with Crippen molar-refractivity contribution >= 4 is 27.2 Å². The topological polar surface area (TPSA) is 30.1 Å². The highest BCUT2D eigenvalue weighted by Gasteiger charge is 2.36. The standard InChI is InChI=1S/C46H31N3/c1-46(2)40-17-9-16-38(44(40)39-23-22-37(47-3)27-41(39)46)33-14-8-15-34(26-33)42-28-43(35-20-18-29-10-4-6-12-31(29)24-35)49-45(48-42)36-21-19-30-11-5-7-13-32(30)25-36/h4-28H,1-2H3. The molecule has 8 aromatic rings. The summed E-state index contributed by atoms with van der Waals surface area (Å²) in [6, 6.07) is 53.4. The third-order valence-electron chi connectivity index (χ3n) is 10.1. The van der Waals surface area contributed by atoms with Gasteiger partial charge in [-0.05, 0) is 79.2 Å². The molecule has 1 aromatic heterocycles. The van der Waals surface area contributed by atoms with Gasteiger partial charge in [0, 0.05) is 22.1 Å². The zero-order valence-electron chi connectivity index (χ0n) is 27.3. The maximum atomic E-state index is 7.60. The van der Waals surface area contributed by atoms with E-state index < -0.39 is 0 Å². The van der Waals surface area contributed by atoms with Crippen LogP contribution in [0.5, 0.6) is 0 Å². The first-order valence-electron chi connectivity index (χ1n) is 16.6. The summed E-state index contributed by atoms with van der Waals surface area (Å²) in [6.45, 7) is 12.1. The fraction of sp³-hybridized carbons (Fsp3) is 0.0652. The van der Waals surface area contributed by atoms with E-state index in [0.29, 0.717) is 11.5 Å². The molecule has 0 aliphatic heterocycles. The monoisotopic (exact) mass is 625 g/mol. The van der Waals surface area contributed by atoms with E-state index in [1.54, 1.807) is 0 Å². The Kier molecular flexibility index (Phi) is 6.54. The number of hydrogen-bond acceptors (Lipinski definition) is 2. The SMILES string of the molecule is [C-]#[N+]c1ccc2c(c1)C(C)(C)c1cccc(-c3cccc(-c4cc(-c5ccc6ccccc6c5)nc(-c5ccc6ccccc6c5)n4)c3)c1-2.